The highest BCUT2D eigenvalue weighted by atomic mass is 35.5. The molecule has 2 heterocycles. The molecule has 1 atom stereocenters. The van der Waals surface area contributed by atoms with E-state index >= 15 is 0 Å². The van der Waals surface area contributed by atoms with Crippen molar-refractivity contribution in [1.82, 2.24) is 4.57 Å². The van der Waals surface area contributed by atoms with Gasteiger partial charge in [-0.05, 0) is 55.0 Å². The number of aliphatic imine (C=N–C) groups is 2. The van der Waals surface area contributed by atoms with Gasteiger partial charge in [-0.25, -0.2) is 0 Å². The lowest BCUT2D eigenvalue weighted by Crippen LogP contribution is -2.32. The van der Waals surface area contributed by atoms with Gasteiger partial charge in [0, 0.05) is 41.7 Å². The van der Waals surface area contributed by atoms with Crippen LogP contribution in [0.25, 0.3) is 16.8 Å². The van der Waals surface area contributed by atoms with Crippen LogP contribution in [0.15, 0.2) is 63.3 Å². The van der Waals surface area contributed by atoms with Gasteiger partial charge in [0.15, 0.2) is 6.23 Å². The van der Waals surface area contributed by atoms with Crippen LogP contribution in [-0.4, -0.2) is 36.9 Å². The fourth-order valence-corrected chi connectivity index (χ4v) is 3.59. The summed E-state index contributed by atoms with van der Waals surface area (Å²) in [6.45, 7) is 2.41. The molecule has 4 rings (SSSR count). The fraction of sp³-hybridized carbons (Fsp3) is 0.174. The highest BCUT2D eigenvalue weighted by Gasteiger charge is 2.22. The molecule has 158 valence electrons. The Morgan fingerprint density at radius 1 is 1.26 bits per heavy atom. The van der Waals surface area contributed by atoms with Gasteiger partial charge >= 0.3 is 0 Å². The van der Waals surface area contributed by atoms with Crippen LogP contribution in [0.4, 0.5) is 17.2 Å². The number of benzene rings is 2. The average Bonchev–Trinajstić information content (AvgIpc) is 2.76. The molecule has 0 amide bonds. The highest BCUT2D eigenvalue weighted by molar-refractivity contribution is 6.30. The van der Waals surface area contributed by atoms with Gasteiger partial charge in [-0.15, -0.1) is 0 Å². The second kappa shape index (κ2) is 8.75. The van der Waals surface area contributed by atoms with E-state index in [4.69, 9.17) is 22.1 Å². The van der Waals surface area contributed by atoms with Crippen molar-refractivity contribution in [3.05, 3.63) is 69.5 Å². The van der Waals surface area contributed by atoms with Crippen molar-refractivity contribution < 1.29 is 4.74 Å². The second-order valence-corrected chi connectivity index (χ2v) is 7.37. The molecule has 0 spiro atoms. The van der Waals surface area contributed by atoms with E-state index < -0.39 is 6.23 Å². The molecule has 0 saturated heterocycles. The first kappa shape index (κ1) is 20.8. The van der Waals surface area contributed by atoms with E-state index in [1.54, 1.807) is 60.4 Å². The van der Waals surface area contributed by atoms with Crippen molar-refractivity contribution >= 4 is 41.2 Å². The molecule has 7 nitrogen and oxygen atoms in total. The summed E-state index contributed by atoms with van der Waals surface area (Å²) in [6.07, 6.45) is 2.93. The van der Waals surface area contributed by atoms with Crippen molar-refractivity contribution in [3.63, 3.8) is 0 Å². The molecule has 0 saturated carbocycles. The lowest BCUT2D eigenvalue weighted by Gasteiger charge is -2.25. The molecule has 1 aromatic heterocycles. The van der Waals surface area contributed by atoms with Crippen molar-refractivity contribution in [2.24, 2.45) is 9.98 Å². The Morgan fingerprint density at radius 3 is 2.74 bits per heavy atom. The number of nitrogens with two attached hydrogens (primary N) is 1. The number of ether oxygens (including phenoxy) is 1. The molecular formula is C23H22ClN5O2. The Kier molecular flexibility index (Phi) is 5.88. The van der Waals surface area contributed by atoms with Gasteiger partial charge in [-0.2, -0.15) is 0 Å². The Hall–Kier alpha value is -3.42. The molecule has 31 heavy (non-hydrogen) atoms. The van der Waals surface area contributed by atoms with E-state index in [9.17, 15) is 4.79 Å². The minimum atomic E-state index is -0.426. The quantitative estimate of drug-likeness (QED) is 0.462. The number of fused-ring (bicyclic) bond motifs is 1. The van der Waals surface area contributed by atoms with Crippen LogP contribution in [0, 0.1) is 0 Å². The summed E-state index contributed by atoms with van der Waals surface area (Å²) in [7, 11) is 1.67. The molecule has 0 aliphatic carbocycles. The van der Waals surface area contributed by atoms with E-state index in [2.05, 4.69) is 15.3 Å². The third-order valence-corrected chi connectivity index (χ3v) is 5.16. The summed E-state index contributed by atoms with van der Waals surface area (Å²) in [4.78, 5) is 22.3. The van der Waals surface area contributed by atoms with E-state index in [1.807, 2.05) is 19.1 Å². The molecule has 0 radical (unpaired) electrons. The van der Waals surface area contributed by atoms with E-state index in [0.29, 0.717) is 40.1 Å². The van der Waals surface area contributed by atoms with Gasteiger partial charge in [0.2, 0.25) is 0 Å². The van der Waals surface area contributed by atoms with Crippen LogP contribution in [0.5, 0.6) is 0 Å². The predicted octanol–water partition coefficient (Wildman–Crippen LogP) is 4.28. The second-order valence-electron chi connectivity index (χ2n) is 6.94. The number of hydrogen-bond donors (Lipinski definition) is 2. The SMILES string of the molecule is CCOC1C=Nc2cc(-c3ccc(N)c(C=NC)c3)c(=O)n(-c3ccc(Cl)cc3)c2N1. The third-order valence-electron chi connectivity index (χ3n) is 4.91. The normalized spacial score (nSPS) is 15.1. The summed E-state index contributed by atoms with van der Waals surface area (Å²) in [5.74, 6) is 0.558. The molecule has 3 N–H and O–H groups in total. The minimum Gasteiger partial charge on any atom is -0.398 e. The van der Waals surface area contributed by atoms with Crippen molar-refractivity contribution in [1.29, 1.82) is 0 Å². The maximum Gasteiger partial charge on any atom is 0.264 e. The average molecular weight is 436 g/mol. The van der Waals surface area contributed by atoms with Gasteiger partial charge < -0.3 is 15.8 Å². The third kappa shape index (κ3) is 4.10. The van der Waals surface area contributed by atoms with Crippen LogP contribution in [0.2, 0.25) is 5.02 Å². The summed E-state index contributed by atoms with van der Waals surface area (Å²) in [5, 5.41) is 3.84. The van der Waals surface area contributed by atoms with Gasteiger partial charge in [0.1, 0.15) is 11.5 Å². The van der Waals surface area contributed by atoms with Crippen LogP contribution < -0.4 is 16.6 Å². The zero-order valence-corrected chi connectivity index (χ0v) is 17.9. The molecule has 0 fully saturated rings. The minimum absolute atomic E-state index is 0.204. The van der Waals surface area contributed by atoms with Gasteiger partial charge in [-0.3, -0.25) is 19.3 Å². The monoisotopic (exact) mass is 435 g/mol. The zero-order valence-electron chi connectivity index (χ0n) is 17.2. The number of nitrogen functional groups attached to an aromatic ring is 1. The number of pyridine rings is 1. The summed E-state index contributed by atoms with van der Waals surface area (Å²) in [6, 6.07) is 14.3. The largest absolute Gasteiger partial charge is 0.398 e. The Bertz CT molecular complexity index is 1230. The molecular weight excluding hydrogens is 414 g/mol. The Labute approximate surface area is 184 Å². The first-order chi connectivity index (χ1) is 15.0. The topological polar surface area (TPSA) is 94.0 Å². The Morgan fingerprint density at radius 2 is 2.03 bits per heavy atom. The fourth-order valence-electron chi connectivity index (χ4n) is 3.46. The molecule has 2 aromatic carbocycles. The molecule has 3 aromatic rings. The highest BCUT2D eigenvalue weighted by Crippen LogP contribution is 2.34. The molecule has 8 heteroatoms. The van der Waals surface area contributed by atoms with Crippen molar-refractivity contribution in [3.8, 4) is 16.8 Å². The van der Waals surface area contributed by atoms with E-state index in [-0.39, 0.29) is 5.56 Å². The van der Waals surface area contributed by atoms with E-state index in [0.717, 1.165) is 11.1 Å². The number of nitrogens with zero attached hydrogens (tertiary/aromatic N) is 3. The molecule has 1 aliphatic rings. The number of anilines is 2. The molecule has 0 bridgehead atoms. The summed E-state index contributed by atoms with van der Waals surface area (Å²) < 4.78 is 7.23. The number of rotatable bonds is 5. The first-order valence-corrected chi connectivity index (χ1v) is 10.2. The van der Waals surface area contributed by atoms with Gasteiger partial charge in [0.25, 0.3) is 5.56 Å². The maximum absolute atomic E-state index is 13.7. The summed E-state index contributed by atoms with van der Waals surface area (Å²) >= 11 is 6.07. The van der Waals surface area contributed by atoms with Crippen LogP contribution in [0.1, 0.15) is 12.5 Å². The van der Waals surface area contributed by atoms with Crippen LogP contribution in [-0.2, 0) is 4.74 Å². The molecule has 1 aliphatic heterocycles. The number of hydrogen-bond acceptors (Lipinski definition) is 6. The van der Waals surface area contributed by atoms with Crippen molar-refractivity contribution in [2.45, 2.75) is 13.2 Å². The number of halogens is 1. The van der Waals surface area contributed by atoms with Gasteiger partial charge in [0.05, 0.1) is 11.9 Å². The lowest BCUT2D eigenvalue weighted by atomic mass is 10.0. The lowest BCUT2D eigenvalue weighted by molar-refractivity contribution is 0.130. The number of aromatic nitrogens is 1. The van der Waals surface area contributed by atoms with Crippen LogP contribution in [0.3, 0.4) is 0 Å². The first-order valence-electron chi connectivity index (χ1n) is 9.82. The zero-order chi connectivity index (χ0) is 22.0. The smallest absolute Gasteiger partial charge is 0.264 e. The standard InChI is InChI=1S/C23H22ClN5O2/c1-3-31-21-13-27-20-11-18(14-4-9-19(25)15(10-14)12-26-2)23(30)29(22(20)28-21)17-7-5-16(24)6-8-17/h4-13,21,28H,3,25H2,1-2H3. The van der Waals surface area contributed by atoms with Gasteiger partial charge in [-0.1, -0.05) is 17.7 Å². The van der Waals surface area contributed by atoms with E-state index in [1.165, 1.54) is 0 Å². The van der Waals surface area contributed by atoms with Crippen LogP contribution >= 0.6 is 11.6 Å². The van der Waals surface area contributed by atoms with Crippen molar-refractivity contribution in [2.75, 3.05) is 24.7 Å². The Balaban J connectivity index is 1.95. The number of nitrogens with one attached hydrogen (secondary N) is 1. The predicted molar refractivity (Wildman–Crippen MR) is 128 cm³/mol. The molecule has 1 unspecified atom stereocenters. The maximum atomic E-state index is 13.7. The summed E-state index contributed by atoms with van der Waals surface area (Å²) in [5.41, 5.74) is 9.68.